The molecule has 0 aliphatic carbocycles. The Morgan fingerprint density at radius 3 is 2.37 bits per heavy atom. The van der Waals surface area contributed by atoms with Crippen molar-refractivity contribution in [1.29, 1.82) is 0 Å². The fraction of sp³-hybridized carbons (Fsp3) is 0.571. The zero-order valence-electron chi connectivity index (χ0n) is 12.1. The van der Waals surface area contributed by atoms with Crippen LogP contribution in [0.3, 0.4) is 0 Å². The number of hydrogen-bond acceptors (Lipinski definition) is 4. The lowest BCUT2D eigenvalue weighted by Gasteiger charge is -2.24. The molecule has 0 spiro atoms. The van der Waals surface area contributed by atoms with Gasteiger partial charge < -0.3 is 10.6 Å². The molecule has 1 unspecified atom stereocenters. The second-order valence-corrected chi connectivity index (χ2v) is 7.34. The molecule has 0 saturated heterocycles. The Labute approximate surface area is 116 Å². The van der Waals surface area contributed by atoms with Gasteiger partial charge in [-0.1, -0.05) is 26.0 Å². The molecule has 19 heavy (non-hydrogen) atoms. The van der Waals surface area contributed by atoms with Gasteiger partial charge >= 0.3 is 0 Å². The van der Waals surface area contributed by atoms with E-state index in [9.17, 15) is 8.42 Å². The third-order valence-corrected chi connectivity index (χ3v) is 4.47. The van der Waals surface area contributed by atoms with E-state index in [0.717, 1.165) is 18.7 Å². The number of benzene rings is 1. The van der Waals surface area contributed by atoms with Gasteiger partial charge in [-0.3, -0.25) is 0 Å². The van der Waals surface area contributed by atoms with Crippen LogP contribution in [0, 0.1) is 5.92 Å². The van der Waals surface area contributed by atoms with E-state index in [-0.39, 0.29) is 6.04 Å². The Bertz CT molecular complexity index is 512. The predicted octanol–water partition coefficient (Wildman–Crippen LogP) is 1.90. The van der Waals surface area contributed by atoms with E-state index in [1.165, 1.54) is 6.26 Å². The molecule has 5 heteroatoms. The van der Waals surface area contributed by atoms with Crippen LogP contribution < -0.4 is 10.6 Å². The molecule has 1 aromatic carbocycles. The summed E-state index contributed by atoms with van der Waals surface area (Å²) in [6.07, 6.45) is 2.08. The Kier molecular flexibility index (Phi) is 5.38. The molecule has 0 aliphatic rings. The molecule has 0 saturated carbocycles. The van der Waals surface area contributed by atoms with Gasteiger partial charge in [-0.2, -0.15) is 0 Å². The highest BCUT2D eigenvalue weighted by Crippen LogP contribution is 2.24. The molecule has 2 N–H and O–H groups in total. The normalized spacial score (nSPS) is 13.6. The van der Waals surface area contributed by atoms with E-state index in [4.69, 9.17) is 5.73 Å². The molecular weight excluding hydrogens is 260 g/mol. The summed E-state index contributed by atoms with van der Waals surface area (Å²) in [4.78, 5) is 2.33. The van der Waals surface area contributed by atoms with Gasteiger partial charge in [0.25, 0.3) is 0 Å². The molecule has 0 bridgehead atoms. The van der Waals surface area contributed by atoms with Crippen LogP contribution in [-0.2, 0) is 9.84 Å². The summed E-state index contributed by atoms with van der Waals surface area (Å²) in [7, 11) is -1.31. The van der Waals surface area contributed by atoms with Crippen LogP contribution in [0.1, 0.15) is 20.3 Å². The average Bonchev–Trinajstić information content (AvgIpc) is 2.34. The summed E-state index contributed by atoms with van der Waals surface area (Å²) in [6, 6.07) is 7.20. The summed E-state index contributed by atoms with van der Waals surface area (Å²) in [5.41, 5.74) is 6.76. The van der Waals surface area contributed by atoms with Crippen molar-refractivity contribution in [2.45, 2.75) is 31.2 Å². The van der Waals surface area contributed by atoms with E-state index < -0.39 is 9.84 Å². The lowest BCUT2D eigenvalue weighted by atomic mass is 10.0. The standard InChI is InChI=1S/C14H24N2O2S/c1-11(2)12(15)9-10-16(3)13-7-5-6-8-14(13)19(4,17)18/h5-8,11-12H,9-10,15H2,1-4H3. The van der Waals surface area contributed by atoms with Gasteiger partial charge in [0.15, 0.2) is 9.84 Å². The number of para-hydroxylation sites is 1. The highest BCUT2D eigenvalue weighted by atomic mass is 32.2. The molecule has 1 rings (SSSR count). The first-order chi connectivity index (χ1) is 8.73. The van der Waals surface area contributed by atoms with E-state index >= 15 is 0 Å². The van der Waals surface area contributed by atoms with Crippen LogP contribution in [0.5, 0.6) is 0 Å². The van der Waals surface area contributed by atoms with Gasteiger partial charge in [0.1, 0.15) is 0 Å². The molecule has 108 valence electrons. The van der Waals surface area contributed by atoms with Gasteiger partial charge in [0.2, 0.25) is 0 Å². The second-order valence-electron chi connectivity index (χ2n) is 5.36. The predicted molar refractivity (Wildman–Crippen MR) is 80.3 cm³/mol. The zero-order valence-corrected chi connectivity index (χ0v) is 12.9. The second kappa shape index (κ2) is 6.39. The highest BCUT2D eigenvalue weighted by molar-refractivity contribution is 7.90. The third-order valence-electron chi connectivity index (χ3n) is 3.33. The first kappa shape index (κ1) is 16.0. The summed E-state index contributed by atoms with van der Waals surface area (Å²) < 4.78 is 23.5. The van der Waals surface area contributed by atoms with Crippen molar-refractivity contribution in [1.82, 2.24) is 0 Å². The van der Waals surface area contributed by atoms with Gasteiger partial charge in [0, 0.05) is 25.9 Å². The molecular formula is C14H24N2O2S. The van der Waals surface area contributed by atoms with Crippen molar-refractivity contribution >= 4 is 15.5 Å². The fourth-order valence-corrected chi connectivity index (χ4v) is 2.81. The van der Waals surface area contributed by atoms with Crippen molar-refractivity contribution in [3.05, 3.63) is 24.3 Å². The molecule has 0 aromatic heterocycles. The van der Waals surface area contributed by atoms with E-state index in [1.54, 1.807) is 12.1 Å². The van der Waals surface area contributed by atoms with Gasteiger partial charge in [-0.25, -0.2) is 8.42 Å². The van der Waals surface area contributed by atoms with E-state index in [1.807, 2.05) is 24.1 Å². The first-order valence-corrected chi connectivity index (χ1v) is 8.38. The van der Waals surface area contributed by atoms with Crippen LogP contribution in [0.15, 0.2) is 29.2 Å². The Balaban J connectivity index is 2.86. The SMILES string of the molecule is CC(C)C(N)CCN(C)c1ccccc1S(C)(=O)=O. The molecule has 0 fully saturated rings. The zero-order chi connectivity index (χ0) is 14.6. The van der Waals surface area contributed by atoms with Crippen molar-refractivity contribution in [3.63, 3.8) is 0 Å². The van der Waals surface area contributed by atoms with Crippen LogP contribution in [-0.4, -0.2) is 34.3 Å². The van der Waals surface area contributed by atoms with E-state index in [0.29, 0.717) is 10.8 Å². The first-order valence-electron chi connectivity index (χ1n) is 6.49. The Hall–Kier alpha value is -1.07. The largest absolute Gasteiger partial charge is 0.373 e. The maximum Gasteiger partial charge on any atom is 0.177 e. The fourth-order valence-electron chi connectivity index (χ4n) is 1.88. The molecule has 4 nitrogen and oxygen atoms in total. The summed E-state index contributed by atoms with van der Waals surface area (Å²) in [6.45, 7) is 4.93. The molecule has 1 aromatic rings. The highest BCUT2D eigenvalue weighted by Gasteiger charge is 2.16. The van der Waals surface area contributed by atoms with Gasteiger partial charge in [-0.05, 0) is 24.5 Å². The summed E-state index contributed by atoms with van der Waals surface area (Å²) in [5.74, 6) is 0.429. The maximum absolute atomic E-state index is 11.8. The number of hydrogen-bond donors (Lipinski definition) is 1. The van der Waals surface area contributed by atoms with Crippen molar-refractivity contribution in [2.75, 3.05) is 24.7 Å². The topological polar surface area (TPSA) is 63.4 Å². The van der Waals surface area contributed by atoms with Crippen LogP contribution in [0.4, 0.5) is 5.69 Å². The monoisotopic (exact) mass is 284 g/mol. The smallest absolute Gasteiger partial charge is 0.177 e. The molecule has 0 heterocycles. The molecule has 0 radical (unpaired) electrons. The van der Waals surface area contributed by atoms with Crippen molar-refractivity contribution in [2.24, 2.45) is 11.7 Å². The quantitative estimate of drug-likeness (QED) is 0.866. The molecule has 1 atom stereocenters. The number of rotatable bonds is 6. The molecule has 0 amide bonds. The van der Waals surface area contributed by atoms with Crippen molar-refractivity contribution < 1.29 is 8.42 Å². The number of nitrogens with two attached hydrogens (primary N) is 1. The minimum Gasteiger partial charge on any atom is -0.373 e. The third kappa shape index (κ3) is 4.51. The lowest BCUT2D eigenvalue weighted by molar-refractivity contribution is 0.466. The summed E-state index contributed by atoms with van der Waals surface area (Å²) >= 11 is 0. The van der Waals surface area contributed by atoms with Crippen LogP contribution >= 0.6 is 0 Å². The number of anilines is 1. The van der Waals surface area contributed by atoms with Gasteiger partial charge in [0.05, 0.1) is 10.6 Å². The summed E-state index contributed by atoms with van der Waals surface area (Å²) in [5, 5.41) is 0. The number of nitrogens with zero attached hydrogens (tertiary/aromatic N) is 1. The van der Waals surface area contributed by atoms with Crippen LogP contribution in [0.2, 0.25) is 0 Å². The van der Waals surface area contributed by atoms with Crippen molar-refractivity contribution in [3.8, 4) is 0 Å². The molecule has 0 aliphatic heterocycles. The number of sulfone groups is 1. The Morgan fingerprint density at radius 2 is 1.84 bits per heavy atom. The van der Waals surface area contributed by atoms with Gasteiger partial charge in [-0.15, -0.1) is 0 Å². The Morgan fingerprint density at radius 1 is 1.26 bits per heavy atom. The maximum atomic E-state index is 11.8. The average molecular weight is 284 g/mol. The minimum absolute atomic E-state index is 0.132. The lowest BCUT2D eigenvalue weighted by Crippen LogP contribution is -2.32. The van der Waals surface area contributed by atoms with E-state index in [2.05, 4.69) is 13.8 Å². The minimum atomic E-state index is -3.21. The van der Waals surface area contributed by atoms with Crippen LogP contribution in [0.25, 0.3) is 0 Å².